The first-order valence-corrected chi connectivity index (χ1v) is 4.94. The maximum atomic E-state index is 12.9. The van der Waals surface area contributed by atoms with Crippen LogP contribution in [0.5, 0.6) is 0 Å². The van der Waals surface area contributed by atoms with E-state index in [0.29, 0.717) is 0 Å². The highest BCUT2D eigenvalue weighted by atomic mass is 35.5. The van der Waals surface area contributed by atoms with E-state index in [0.717, 1.165) is 18.4 Å². The molecule has 15 heavy (non-hydrogen) atoms. The van der Waals surface area contributed by atoms with Gasteiger partial charge in [0.2, 0.25) is 5.91 Å². The van der Waals surface area contributed by atoms with E-state index in [1.54, 1.807) is 6.07 Å². The summed E-state index contributed by atoms with van der Waals surface area (Å²) in [6.45, 7) is 0. The van der Waals surface area contributed by atoms with Gasteiger partial charge in [0.1, 0.15) is 5.82 Å². The Balaban J connectivity index is 2.38. The highest BCUT2D eigenvalue weighted by molar-refractivity contribution is 6.30. The van der Waals surface area contributed by atoms with Crippen molar-refractivity contribution in [3.8, 4) is 0 Å². The highest BCUT2D eigenvalue weighted by Crippen LogP contribution is 2.48. The highest BCUT2D eigenvalue weighted by Gasteiger charge is 2.51. The van der Waals surface area contributed by atoms with Gasteiger partial charge in [-0.2, -0.15) is 0 Å². The van der Waals surface area contributed by atoms with Gasteiger partial charge in [0.25, 0.3) is 0 Å². The Morgan fingerprint density at radius 3 is 2.67 bits per heavy atom. The van der Waals surface area contributed by atoms with Crippen molar-refractivity contribution < 1.29 is 9.18 Å². The van der Waals surface area contributed by atoms with E-state index < -0.39 is 11.2 Å². The number of hydrogen-bond acceptors (Lipinski definition) is 2. The monoisotopic (exact) mass is 228 g/mol. The van der Waals surface area contributed by atoms with Gasteiger partial charge in [0, 0.05) is 0 Å². The molecule has 1 fully saturated rings. The Morgan fingerprint density at radius 2 is 2.20 bits per heavy atom. The van der Waals surface area contributed by atoms with E-state index in [1.807, 2.05) is 0 Å². The van der Waals surface area contributed by atoms with Crippen molar-refractivity contribution in [3.05, 3.63) is 34.6 Å². The molecule has 0 unspecified atom stereocenters. The van der Waals surface area contributed by atoms with Crippen LogP contribution in [0, 0.1) is 5.82 Å². The Hall–Kier alpha value is -1.13. The normalized spacial score (nSPS) is 17.3. The van der Waals surface area contributed by atoms with E-state index in [9.17, 15) is 9.18 Å². The van der Waals surface area contributed by atoms with E-state index in [4.69, 9.17) is 17.4 Å². The predicted octanol–water partition coefficient (Wildman–Crippen LogP) is 1.50. The van der Waals surface area contributed by atoms with Crippen LogP contribution in [0.2, 0.25) is 5.02 Å². The molecule has 0 aliphatic heterocycles. The molecule has 1 aliphatic carbocycles. The number of nitrogens with two attached hydrogens (primary N) is 1. The van der Waals surface area contributed by atoms with Gasteiger partial charge in [0.15, 0.2) is 0 Å². The minimum atomic E-state index is -0.591. The van der Waals surface area contributed by atoms with Crippen LogP contribution >= 0.6 is 11.6 Å². The summed E-state index contributed by atoms with van der Waals surface area (Å²) in [5, 5.41) is 0.0311. The number of carbonyl (C=O) groups excluding carboxylic acids is 1. The predicted molar refractivity (Wildman–Crippen MR) is 54.7 cm³/mol. The lowest BCUT2D eigenvalue weighted by atomic mass is 9.95. The van der Waals surface area contributed by atoms with E-state index in [-0.39, 0.29) is 10.9 Å². The van der Waals surface area contributed by atoms with Crippen molar-refractivity contribution in [2.75, 3.05) is 0 Å². The molecule has 0 aromatic heterocycles. The second-order valence-electron chi connectivity index (χ2n) is 3.68. The maximum Gasteiger partial charge on any atom is 0.244 e. The summed E-state index contributed by atoms with van der Waals surface area (Å²) in [6, 6.07) is 4.32. The quantitative estimate of drug-likeness (QED) is 0.458. The van der Waals surface area contributed by atoms with Crippen molar-refractivity contribution in [2.45, 2.75) is 18.3 Å². The summed E-state index contributed by atoms with van der Waals surface area (Å²) in [4.78, 5) is 11.5. The molecule has 1 aromatic carbocycles. The van der Waals surface area contributed by atoms with Crippen molar-refractivity contribution in [2.24, 2.45) is 5.84 Å². The molecule has 0 saturated heterocycles. The number of carbonyl (C=O) groups is 1. The first kappa shape index (κ1) is 10.4. The third-order valence-electron chi connectivity index (χ3n) is 2.79. The fourth-order valence-electron chi connectivity index (χ4n) is 1.70. The first-order chi connectivity index (χ1) is 7.10. The van der Waals surface area contributed by atoms with Crippen molar-refractivity contribution in [1.82, 2.24) is 5.43 Å². The van der Waals surface area contributed by atoms with E-state index in [1.165, 1.54) is 12.1 Å². The number of hydrazine groups is 1. The molecule has 3 nitrogen and oxygen atoms in total. The molecule has 5 heteroatoms. The zero-order valence-corrected chi connectivity index (χ0v) is 8.64. The van der Waals surface area contributed by atoms with Gasteiger partial charge in [-0.05, 0) is 30.5 Å². The number of amides is 1. The van der Waals surface area contributed by atoms with Crippen LogP contribution in [0.3, 0.4) is 0 Å². The fourth-order valence-corrected chi connectivity index (χ4v) is 1.88. The van der Waals surface area contributed by atoms with Gasteiger partial charge >= 0.3 is 0 Å². The van der Waals surface area contributed by atoms with Crippen molar-refractivity contribution >= 4 is 17.5 Å². The molecule has 80 valence electrons. The van der Waals surface area contributed by atoms with Crippen LogP contribution in [0.4, 0.5) is 4.39 Å². The molecule has 1 saturated carbocycles. The lowest BCUT2D eigenvalue weighted by Crippen LogP contribution is -2.39. The van der Waals surface area contributed by atoms with Crippen LogP contribution in [0.15, 0.2) is 18.2 Å². The number of halogens is 2. The van der Waals surface area contributed by atoms with Gasteiger partial charge in [-0.25, -0.2) is 10.2 Å². The fraction of sp³-hybridized carbons (Fsp3) is 0.300. The second kappa shape index (κ2) is 3.47. The molecule has 0 atom stereocenters. The summed E-state index contributed by atoms with van der Waals surface area (Å²) in [5.41, 5.74) is 2.25. The molecule has 0 radical (unpaired) electrons. The van der Waals surface area contributed by atoms with Crippen LogP contribution in [-0.4, -0.2) is 5.91 Å². The maximum absolute atomic E-state index is 12.9. The van der Waals surface area contributed by atoms with Crippen LogP contribution in [-0.2, 0) is 10.2 Å². The Kier molecular flexibility index (Phi) is 2.40. The van der Waals surface area contributed by atoms with E-state index >= 15 is 0 Å². The lowest BCUT2D eigenvalue weighted by Gasteiger charge is -2.13. The molecule has 0 spiro atoms. The third-order valence-corrected chi connectivity index (χ3v) is 3.08. The Morgan fingerprint density at radius 1 is 1.53 bits per heavy atom. The van der Waals surface area contributed by atoms with Gasteiger partial charge < -0.3 is 0 Å². The SMILES string of the molecule is NNC(=O)C1(c2ccc(F)c(Cl)c2)CC1. The number of hydrogen-bond donors (Lipinski definition) is 2. The zero-order chi connectivity index (χ0) is 11.1. The summed E-state index contributed by atoms with van der Waals surface area (Å²) in [7, 11) is 0. The van der Waals surface area contributed by atoms with E-state index in [2.05, 4.69) is 5.43 Å². The van der Waals surface area contributed by atoms with Crippen molar-refractivity contribution in [3.63, 3.8) is 0 Å². The molecule has 0 bridgehead atoms. The van der Waals surface area contributed by atoms with Gasteiger partial charge in [-0.3, -0.25) is 10.2 Å². The average molecular weight is 229 g/mol. The number of benzene rings is 1. The van der Waals surface area contributed by atoms with Gasteiger partial charge in [-0.1, -0.05) is 17.7 Å². The van der Waals surface area contributed by atoms with Crippen LogP contribution in [0.1, 0.15) is 18.4 Å². The number of rotatable bonds is 2. The molecule has 2 rings (SSSR count). The summed E-state index contributed by atoms with van der Waals surface area (Å²) in [5.74, 6) is 4.37. The zero-order valence-electron chi connectivity index (χ0n) is 7.89. The largest absolute Gasteiger partial charge is 0.293 e. The number of nitrogens with one attached hydrogen (secondary N) is 1. The molecule has 1 aliphatic rings. The lowest BCUT2D eigenvalue weighted by molar-refractivity contribution is -0.123. The minimum Gasteiger partial charge on any atom is -0.293 e. The smallest absolute Gasteiger partial charge is 0.244 e. The standard InChI is InChI=1S/C10H10ClFN2O/c11-7-5-6(1-2-8(7)12)10(3-4-10)9(15)14-13/h1-2,5H,3-4,13H2,(H,14,15). The summed E-state index contributed by atoms with van der Waals surface area (Å²) in [6.07, 6.45) is 1.44. The molecule has 3 N–H and O–H groups in total. The first-order valence-electron chi connectivity index (χ1n) is 4.57. The Labute approximate surface area is 91.4 Å². The molecular formula is C10H10ClFN2O. The van der Waals surface area contributed by atoms with Gasteiger partial charge in [0.05, 0.1) is 10.4 Å². The van der Waals surface area contributed by atoms with Gasteiger partial charge in [-0.15, -0.1) is 0 Å². The summed E-state index contributed by atoms with van der Waals surface area (Å²) >= 11 is 5.66. The summed E-state index contributed by atoms with van der Waals surface area (Å²) < 4.78 is 12.9. The second-order valence-corrected chi connectivity index (χ2v) is 4.09. The topological polar surface area (TPSA) is 55.1 Å². The Bertz CT molecular complexity index is 418. The molecule has 1 amide bonds. The molecular weight excluding hydrogens is 219 g/mol. The average Bonchev–Trinajstić information content (AvgIpc) is 3.02. The molecule has 1 aromatic rings. The third kappa shape index (κ3) is 1.60. The van der Waals surface area contributed by atoms with Crippen LogP contribution < -0.4 is 11.3 Å². The molecule has 0 heterocycles. The minimum absolute atomic E-state index is 0.0311. The van der Waals surface area contributed by atoms with Crippen molar-refractivity contribution in [1.29, 1.82) is 0 Å². The van der Waals surface area contributed by atoms with Crippen LogP contribution in [0.25, 0.3) is 0 Å².